The first-order chi connectivity index (χ1) is 15.8. The summed E-state index contributed by atoms with van der Waals surface area (Å²) in [5.41, 5.74) is 1.53. The lowest BCUT2D eigenvalue weighted by Gasteiger charge is -2.37. The van der Waals surface area contributed by atoms with Crippen LogP contribution in [0.25, 0.3) is 0 Å². The van der Waals surface area contributed by atoms with Crippen LogP contribution in [-0.2, 0) is 16.0 Å². The number of carbonyl (C=O) groups excluding carboxylic acids is 3. The monoisotopic (exact) mass is 453 g/mol. The summed E-state index contributed by atoms with van der Waals surface area (Å²) in [6.07, 6.45) is 2.16. The maximum Gasteiger partial charge on any atom is 0.251 e. The zero-order valence-electron chi connectivity index (χ0n) is 19.3. The summed E-state index contributed by atoms with van der Waals surface area (Å²) in [4.78, 5) is 41.8. The number of hydrogen-bond acceptors (Lipinski definition) is 3. The third kappa shape index (κ3) is 6.88. The molecule has 33 heavy (non-hydrogen) atoms. The van der Waals surface area contributed by atoms with E-state index in [0.29, 0.717) is 38.2 Å². The molecule has 3 rings (SSSR count). The highest BCUT2D eigenvalue weighted by Gasteiger charge is 2.31. The zero-order valence-corrected chi connectivity index (χ0v) is 19.3. The van der Waals surface area contributed by atoms with Gasteiger partial charge in [0.05, 0.1) is 0 Å². The van der Waals surface area contributed by atoms with Crippen molar-refractivity contribution in [3.63, 3.8) is 0 Å². The van der Waals surface area contributed by atoms with Crippen molar-refractivity contribution in [2.24, 2.45) is 5.92 Å². The van der Waals surface area contributed by atoms with Crippen LogP contribution in [0, 0.1) is 11.7 Å². The summed E-state index contributed by atoms with van der Waals surface area (Å²) in [7, 11) is 0. The fourth-order valence-corrected chi connectivity index (χ4v) is 3.96. The molecule has 1 aliphatic rings. The highest BCUT2D eigenvalue weighted by Crippen LogP contribution is 2.13. The molecule has 0 bridgehead atoms. The lowest BCUT2D eigenvalue weighted by Crippen LogP contribution is -2.57. The molecule has 1 aliphatic heterocycles. The van der Waals surface area contributed by atoms with Gasteiger partial charge in [-0.2, -0.15) is 0 Å². The van der Waals surface area contributed by atoms with Gasteiger partial charge in [-0.25, -0.2) is 4.39 Å². The Hall–Kier alpha value is -3.22. The molecule has 6 nitrogen and oxygen atoms in total. The summed E-state index contributed by atoms with van der Waals surface area (Å²) in [5.74, 6) is -0.982. The molecule has 0 spiro atoms. The maximum absolute atomic E-state index is 13.1. The summed E-state index contributed by atoms with van der Waals surface area (Å²) >= 11 is 0. The molecule has 0 radical (unpaired) electrons. The molecule has 1 N–H and O–H groups in total. The van der Waals surface area contributed by atoms with Gasteiger partial charge >= 0.3 is 0 Å². The minimum Gasteiger partial charge on any atom is -0.340 e. The van der Waals surface area contributed by atoms with E-state index in [0.717, 1.165) is 12.8 Å². The van der Waals surface area contributed by atoms with Crippen LogP contribution < -0.4 is 5.32 Å². The van der Waals surface area contributed by atoms with Gasteiger partial charge in [0.15, 0.2) is 0 Å². The second-order valence-corrected chi connectivity index (χ2v) is 8.75. The van der Waals surface area contributed by atoms with Crippen LogP contribution in [0.15, 0.2) is 54.6 Å². The molecule has 2 aromatic rings. The molecular formula is C26H32FN3O3. The molecule has 0 aromatic heterocycles. The lowest BCUT2D eigenvalue weighted by atomic mass is 10.0. The van der Waals surface area contributed by atoms with Crippen LogP contribution in [0.1, 0.15) is 42.6 Å². The Labute approximate surface area is 194 Å². The van der Waals surface area contributed by atoms with Gasteiger partial charge in [-0.15, -0.1) is 0 Å². The Bertz CT molecular complexity index is 939. The van der Waals surface area contributed by atoms with E-state index in [9.17, 15) is 18.8 Å². The van der Waals surface area contributed by atoms with Crippen molar-refractivity contribution in [1.82, 2.24) is 15.1 Å². The number of amides is 3. The summed E-state index contributed by atoms with van der Waals surface area (Å²) < 4.78 is 13.1. The first-order valence-electron chi connectivity index (χ1n) is 11.5. The maximum atomic E-state index is 13.1. The largest absolute Gasteiger partial charge is 0.340 e. The van der Waals surface area contributed by atoms with Crippen molar-refractivity contribution in [3.8, 4) is 0 Å². The van der Waals surface area contributed by atoms with Crippen LogP contribution in [0.2, 0.25) is 0 Å². The van der Waals surface area contributed by atoms with Gasteiger partial charge in [0.1, 0.15) is 11.9 Å². The molecule has 1 atom stereocenters. The summed E-state index contributed by atoms with van der Waals surface area (Å²) in [6.45, 7) is 5.62. The normalized spacial score (nSPS) is 14.8. The number of rotatable bonds is 8. The number of aryl methyl sites for hydroxylation is 1. The van der Waals surface area contributed by atoms with Crippen LogP contribution in [0.4, 0.5) is 4.39 Å². The van der Waals surface area contributed by atoms with Crippen molar-refractivity contribution in [2.45, 2.75) is 39.2 Å². The van der Waals surface area contributed by atoms with Crippen molar-refractivity contribution in [1.29, 1.82) is 0 Å². The second kappa shape index (κ2) is 11.6. The van der Waals surface area contributed by atoms with Crippen LogP contribution in [0.5, 0.6) is 0 Å². The summed E-state index contributed by atoms with van der Waals surface area (Å²) in [6, 6.07) is 14.7. The van der Waals surface area contributed by atoms with Crippen LogP contribution >= 0.6 is 0 Å². The van der Waals surface area contributed by atoms with E-state index in [1.165, 1.54) is 29.8 Å². The molecule has 7 heteroatoms. The molecule has 2 aromatic carbocycles. The van der Waals surface area contributed by atoms with E-state index < -0.39 is 17.8 Å². The number of carbonyl (C=O) groups is 3. The molecule has 0 saturated carbocycles. The second-order valence-electron chi connectivity index (χ2n) is 8.75. The number of piperazine rings is 1. The fourth-order valence-electron chi connectivity index (χ4n) is 3.96. The van der Waals surface area contributed by atoms with Gasteiger partial charge in [-0.3, -0.25) is 14.4 Å². The van der Waals surface area contributed by atoms with Gasteiger partial charge in [-0.1, -0.05) is 44.2 Å². The van der Waals surface area contributed by atoms with Crippen LogP contribution in [0.3, 0.4) is 0 Å². The molecule has 1 unspecified atom stereocenters. The Kier molecular flexibility index (Phi) is 8.58. The van der Waals surface area contributed by atoms with Gasteiger partial charge in [0.2, 0.25) is 11.8 Å². The minimum absolute atomic E-state index is 0.112. The molecule has 176 valence electrons. The smallest absolute Gasteiger partial charge is 0.251 e. The lowest BCUT2D eigenvalue weighted by molar-refractivity contribution is -0.141. The molecule has 1 fully saturated rings. The van der Waals surface area contributed by atoms with Gasteiger partial charge < -0.3 is 15.1 Å². The van der Waals surface area contributed by atoms with Crippen LogP contribution in [-0.4, -0.2) is 59.7 Å². The number of nitrogens with one attached hydrogen (secondary N) is 1. The molecule has 3 amide bonds. The first-order valence-corrected chi connectivity index (χ1v) is 11.5. The van der Waals surface area contributed by atoms with E-state index >= 15 is 0 Å². The molecule has 1 saturated heterocycles. The Morgan fingerprint density at radius 3 is 2.12 bits per heavy atom. The standard InChI is InChI=1S/C26H32FN3O3/c1-19(2)24(28-25(32)21-11-13-22(27)14-12-21)26(33)30-17-15-29(16-18-30)23(31)10-6-9-20-7-4-3-5-8-20/h3-5,7-8,11-14,19,24H,6,9-10,15-18H2,1-2H3,(H,28,32). The van der Waals surface area contributed by atoms with E-state index in [1.807, 2.05) is 36.9 Å². The average Bonchev–Trinajstić information content (AvgIpc) is 2.83. The quantitative estimate of drug-likeness (QED) is 0.667. The van der Waals surface area contributed by atoms with Gasteiger partial charge in [-0.05, 0) is 48.6 Å². The average molecular weight is 454 g/mol. The summed E-state index contributed by atoms with van der Waals surface area (Å²) in [5, 5.41) is 2.79. The number of benzene rings is 2. The third-order valence-electron chi connectivity index (χ3n) is 5.97. The van der Waals surface area contributed by atoms with Gasteiger partial charge in [0.25, 0.3) is 5.91 Å². The van der Waals surface area contributed by atoms with E-state index in [-0.39, 0.29) is 17.7 Å². The van der Waals surface area contributed by atoms with E-state index in [4.69, 9.17) is 0 Å². The van der Waals surface area contributed by atoms with E-state index in [1.54, 1.807) is 4.90 Å². The highest BCUT2D eigenvalue weighted by atomic mass is 19.1. The van der Waals surface area contributed by atoms with Gasteiger partial charge in [0, 0.05) is 38.2 Å². The SMILES string of the molecule is CC(C)C(NC(=O)c1ccc(F)cc1)C(=O)N1CCN(C(=O)CCCc2ccccc2)CC1. The predicted molar refractivity (Wildman–Crippen MR) is 125 cm³/mol. The predicted octanol–water partition coefficient (Wildman–Crippen LogP) is 3.27. The van der Waals surface area contributed by atoms with Crippen molar-refractivity contribution < 1.29 is 18.8 Å². The Balaban J connectivity index is 1.48. The number of hydrogen-bond donors (Lipinski definition) is 1. The molecular weight excluding hydrogens is 421 g/mol. The minimum atomic E-state index is -0.685. The van der Waals surface area contributed by atoms with Crippen molar-refractivity contribution in [3.05, 3.63) is 71.5 Å². The molecule has 1 heterocycles. The zero-order chi connectivity index (χ0) is 23.8. The topological polar surface area (TPSA) is 69.7 Å². The number of nitrogens with zero attached hydrogens (tertiary/aromatic N) is 2. The van der Waals surface area contributed by atoms with Crippen molar-refractivity contribution >= 4 is 17.7 Å². The fraction of sp³-hybridized carbons (Fsp3) is 0.423. The Morgan fingerprint density at radius 1 is 0.909 bits per heavy atom. The molecule has 0 aliphatic carbocycles. The third-order valence-corrected chi connectivity index (χ3v) is 5.97. The highest BCUT2D eigenvalue weighted by molar-refractivity contribution is 5.97. The van der Waals surface area contributed by atoms with E-state index in [2.05, 4.69) is 17.4 Å². The number of halogens is 1. The Morgan fingerprint density at radius 2 is 1.52 bits per heavy atom. The first kappa shape index (κ1) is 24.4. The van der Waals surface area contributed by atoms with Crippen molar-refractivity contribution in [2.75, 3.05) is 26.2 Å².